The number of fused-ring (bicyclic) bond motifs is 1. The molecule has 0 fully saturated rings. The van der Waals surface area contributed by atoms with Gasteiger partial charge in [-0.15, -0.1) is 0 Å². The fourth-order valence-electron chi connectivity index (χ4n) is 1.77. The van der Waals surface area contributed by atoms with Gasteiger partial charge in [-0.1, -0.05) is 11.6 Å². The van der Waals surface area contributed by atoms with Gasteiger partial charge in [0.1, 0.15) is 5.75 Å². The molecule has 1 aliphatic heterocycles. The summed E-state index contributed by atoms with van der Waals surface area (Å²) in [6.45, 7) is -0.220. The van der Waals surface area contributed by atoms with Gasteiger partial charge < -0.3 is 9.84 Å². The van der Waals surface area contributed by atoms with Gasteiger partial charge in [0.15, 0.2) is 5.60 Å². The Hall–Kier alpha value is -0.460. The molecule has 1 unspecified atom stereocenters. The van der Waals surface area contributed by atoms with Crippen LogP contribution in [-0.2, 0) is 5.60 Å². The first-order valence-electron chi connectivity index (χ1n) is 4.68. The van der Waals surface area contributed by atoms with Crippen molar-refractivity contribution in [1.29, 1.82) is 0 Å². The average Bonchev–Trinajstić information content (AvgIpc) is 2.22. The largest absolute Gasteiger partial charge is 0.492 e. The number of alkyl halides is 3. The number of hydrogen-bond donors (Lipinski definition) is 1. The molecule has 1 heterocycles. The standard InChI is InChI=1S/C10H7BrClF3O2/c11-5-1-2-6(12)7-8(5)17-4-3-9(7,16)10(13,14)15/h1-2,16H,3-4H2. The van der Waals surface area contributed by atoms with Gasteiger partial charge in [0.25, 0.3) is 0 Å². The van der Waals surface area contributed by atoms with Crippen LogP contribution in [0, 0.1) is 0 Å². The van der Waals surface area contributed by atoms with Gasteiger partial charge in [-0.3, -0.25) is 0 Å². The molecule has 1 atom stereocenters. The van der Waals surface area contributed by atoms with Gasteiger partial charge in [-0.05, 0) is 28.1 Å². The molecule has 0 aliphatic carbocycles. The Kier molecular flexibility index (Phi) is 3.08. The third kappa shape index (κ3) is 1.92. The van der Waals surface area contributed by atoms with E-state index in [1.165, 1.54) is 12.1 Å². The molecule has 7 heteroatoms. The lowest BCUT2D eigenvalue weighted by atomic mass is 9.87. The van der Waals surface area contributed by atoms with Crippen molar-refractivity contribution in [1.82, 2.24) is 0 Å². The molecule has 17 heavy (non-hydrogen) atoms. The maximum Gasteiger partial charge on any atom is 0.421 e. The minimum atomic E-state index is -4.80. The molecule has 1 N–H and O–H groups in total. The Balaban J connectivity index is 2.70. The summed E-state index contributed by atoms with van der Waals surface area (Å²) in [6, 6.07) is 2.76. The number of benzene rings is 1. The summed E-state index contributed by atoms with van der Waals surface area (Å²) < 4.78 is 44.3. The first-order valence-corrected chi connectivity index (χ1v) is 5.85. The third-order valence-electron chi connectivity index (χ3n) is 2.65. The summed E-state index contributed by atoms with van der Waals surface area (Å²) in [5.74, 6) is -0.0522. The summed E-state index contributed by atoms with van der Waals surface area (Å²) >= 11 is 8.82. The van der Waals surface area contributed by atoms with E-state index in [4.69, 9.17) is 16.3 Å². The SMILES string of the molecule is OC1(C(F)(F)F)CCOc2c(Br)ccc(Cl)c21. The Bertz CT molecular complexity index is 464. The maximum absolute atomic E-state index is 12.9. The van der Waals surface area contributed by atoms with Crippen molar-refractivity contribution in [3.63, 3.8) is 0 Å². The first kappa shape index (κ1) is 13.0. The van der Waals surface area contributed by atoms with Gasteiger partial charge in [0, 0.05) is 6.42 Å². The van der Waals surface area contributed by atoms with Crippen LogP contribution in [0.3, 0.4) is 0 Å². The summed E-state index contributed by atoms with van der Waals surface area (Å²) in [6.07, 6.45) is -5.37. The fraction of sp³-hybridized carbons (Fsp3) is 0.400. The van der Waals surface area contributed by atoms with E-state index in [1.54, 1.807) is 0 Å². The van der Waals surface area contributed by atoms with E-state index >= 15 is 0 Å². The molecule has 0 saturated heterocycles. The van der Waals surface area contributed by atoms with Crippen LogP contribution in [0.2, 0.25) is 5.02 Å². The second-order valence-electron chi connectivity index (χ2n) is 3.69. The molecule has 0 spiro atoms. The van der Waals surface area contributed by atoms with Gasteiger partial charge >= 0.3 is 6.18 Å². The highest BCUT2D eigenvalue weighted by Crippen LogP contribution is 2.52. The zero-order chi connectivity index (χ0) is 12.8. The van der Waals surface area contributed by atoms with Crippen LogP contribution in [0.5, 0.6) is 5.75 Å². The van der Waals surface area contributed by atoms with E-state index in [2.05, 4.69) is 15.9 Å². The summed E-state index contributed by atoms with van der Waals surface area (Å²) in [7, 11) is 0. The molecule has 0 bridgehead atoms. The molecule has 2 rings (SSSR count). The zero-order valence-electron chi connectivity index (χ0n) is 8.31. The summed E-state index contributed by atoms with van der Waals surface area (Å²) in [4.78, 5) is 0. The van der Waals surface area contributed by atoms with Gasteiger partial charge in [0.2, 0.25) is 0 Å². The molecule has 2 nitrogen and oxygen atoms in total. The predicted molar refractivity (Wildman–Crippen MR) is 59.2 cm³/mol. The van der Waals surface area contributed by atoms with Crippen molar-refractivity contribution in [3.8, 4) is 5.75 Å². The number of ether oxygens (including phenoxy) is 1. The quantitative estimate of drug-likeness (QED) is 0.786. The van der Waals surface area contributed by atoms with Crippen molar-refractivity contribution in [2.24, 2.45) is 0 Å². The van der Waals surface area contributed by atoms with Crippen LogP contribution in [0.4, 0.5) is 13.2 Å². The lowest BCUT2D eigenvalue weighted by Gasteiger charge is -2.36. The molecule has 1 aliphatic rings. The maximum atomic E-state index is 12.9. The Morgan fingerprint density at radius 1 is 1.41 bits per heavy atom. The number of rotatable bonds is 0. The molecule has 0 amide bonds. The van der Waals surface area contributed by atoms with E-state index in [0.29, 0.717) is 4.47 Å². The van der Waals surface area contributed by atoms with Crippen molar-refractivity contribution >= 4 is 27.5 Å². The molecule has 1 aromatic carbocycles. The molecule has 0 radical (unpaired) electrons. The fourth-order valence-corrected chi connectivity index (χ4v) is 2.52. The molecular weight excluding hydrogens is 324 g/mol. The van der Waals surface area contributed by atoms with E-state index in [9.17, 15) is 18.3 Å². The second kappa shape index (κ2) is 4.03. The van der Waals surface area contributed by atoms with Crippen molar-refractivity contribution in [3.05, 3.63) is 27.2 Å². The first-order chi connectivity index (χ1) is 7.77. The van der Waals surface area contributed by atoms with Gasteiger partial charge in [0.05, 0.1) is 21.7 Å². The highest BCUT2D eigenvalue weighted by molar-refractivity contribution is 9.10. The lowest BCUT2D eigenvalue weighted by molar-refractivity contribution is -0.274. The van der Waals surface area contributed by atoms with Crippen molar-refractivity contribution in [2.75, 3.05) is 6.61 Å². The van der Waals surface area contributed by atoms with E-state index in [0.717, 1.165) is 0 Å². The number of aliphatic hydroxyl groups is 1. The van der Waals surface area contributed by atoms with Crippen LogP contribution in [-0.4, -0.2) is 17.9 Å². The zero-order valence-corrected chi connectivity index (χ0v) is 10.7. The monoisotopic (exact) mass is 330 g/mol. The highest BCUT2D eigenvalue weighted by Gasteiger charge is 2.58. The molecule has 0 aromatic heterocycles. The summed E-state index contributed by atoms with van der Waals surface area (Å²) in [5, 5.41) is 9.69. The molecule has 94 valence electrons. The lowest BCUT2D eigenvalue weighted by Crippen LogP contribution is -2.46. The average molecular weight is 332 g/mol. The van der Waals surface area contributed by atoms with Crippen LogP contribution >= 0.6 is 27.5 Å². The van der Waals surface area contributed by atoms with E-state index in [1.807, 2.05) is 0 Å². The highest BCUT2D eigenvalue weighted by atomic mass is 79.9. The Labute approximate surface area is 108 Å². The topological polar surface area (TPSA) is 29.5 Å². The molecule has 0 saturated carbocycles. The van der Waals surface area contributed by atoms with Crippen LogP contribution in [0.1, 0.15) is 12.0 Å². The van der Waals surface area contributed by atoms with Crippen LogP contribution < -0.4 is 4.74 Å². The van der Waals surface area contributed by atoms with Crippen molar-refractivity contribution in [2.45, 2.75) is 18.2 Å². The predicted octanol–water partition coefficient (Wildman–Crippen LogP) is 3.63. The van der Waals surface area contributed by atoms with Crippen molar-refractivity contribution < 1.29 is 23.0 Å². The summed E-state index contributed by atoms with van der Waals surface area (Å²) in [5.41, 5.74) is -3.38. The molecular formula is C10H7BrClF3O2. The normalized spacial score (nSPS) is 24.1. The van der Waals surface area contributed by atoms with Crippen LogP contribution in [0.25, 0.3) is 0 Å². The Morgan fingerprint density at radius 3 is 2.65 bits per heavy atom. The van der Waals surface area contributed by atoms with Crippen LogP contribution in [0.15, 0.2) is 16.6 Å². The van der Waals surface area contributed by atoms with E-state index in [-0.39, 0.29) is 17.4 Å². The Morgan fingerprint density at radius 2 is 2.06 bits per heavy atom. The molecule has 1 aromatic rings. The van der Waals surface area contributed by atoms with Gasteiger partial charge in [-0.25, -0.2) is 0 Å². The minimum absolute atomic E-state index is 0.0522. The second-order valence-corrected chi connectivity index (χ2v) is 4.95. The number of halogens is 5. The number of hydrogen-bond acceptors (Lipinski definition) is 2. The minimum Gasteiger partial charge on any atom is -0.492 e. The third-order valence-corrected chi connectivity index (χ3v) is 3.59. The van der Waals surface area contributed by atoms with E-state index < -0.39 is 23.8 Å². The van der Waals surface area contributed by atoms with Gasteiger partial charge in [-0.2, -0.15) is 13.2 Å². The smallest absolute Gasteiger partial charge is 0.421 e.